The number of carbonyl (C=O) groups excluding carboxylic acids is 8. The minimum atomic E-state index is -1.19. The molecule has 1 aliphatic heterocycles. The molecule has 2 rings (SSSR count). The molecule has 1 saturated carbocycles. The summed E-state index contributed by atoms with van der Waals surface area (Å²) in [5.74, 6) is -5.61. The van der Waals surface area contributed by atoms with Crippen molar-refractivity contribution in [3.05, 3.63) is 0 Å². The van der Waals surface area contributed by atoms with Crippen LogP contribution in [-0.2, 0) is 47.8 Å². The molecule has 0 aromatic heterocycles. The maximum absolute atomic E-state index is 14.4. The number of primary amides is 1. The second-order valence-electron chi connectivity index (χ2n) is 17.7. The van der Waals surface area contributed by atoms with Crippen molar-refractivity contribution in [3.63, 3.8) is 0 Å². The van der Waals surface area contributed by atoms with Crippen molar-refractivity contribution in [1.29, 1.82) is 0 Å². The maximum Gasteiger partial charge on any atom is 0.407 e. The molecule has 4 N–H and O–H groups in total. The third kappa shape index (κ3) is 17.1. The van der Waals surface area contributed by atoms with E-state index in [2.05, 4.69) is 10.6 Å². The van der Waals surface area contributed by atoms with Gasteiger partial charge in [0.1, 0.15) is 17.7 Å². The third-order valence-electron chi connectivity index (χ3n) is 9.69. The first-order valence-electron chi connectivity index (χ1n) is 20.3. The second-order valence-corrected chi connectivity index (χ2v) is 17.7. The lowest BCUT2D eigenvalue weighted by molar-refractivity contribution is -0.155. The number of carbonyl (C=O) groups is 8. The third-order valence-corrected chi connectivity index (χ3v) is 9.69. The van der Waals surface area contributed by atoms with Crippen LogP contribution in [0.4, 0.5) is 4.79 Å². The normalized spacial score (nSPS) is 19.4. The molecule has 318 valence electrons. The van der Waals surface area contributed by atoms with E-state index in [9.17, 15) is 38.4 Å². The van der Waals surface area contributed by atoms with Crippen LogP contribution in [0.1, 0.15) is 146 Å². The highest BCUT2D eigenvalue weighted by Crippen LogP contribution is 2.32. The molecule has 5 atom stereocenters. The summed E-state index contributed by atoms with van der Waals surface area (Å²) >= 11 is 0. The molecular weight excluding hydrogens is 724 g/mol. The van der Waals surface area contributed by atoms with Gasteiger partial charge in [-0.2, -0.15) is 0 Å². The lowest BCUT2D eigenvalue weighted by atomic mass is 9.83. The van der Waals surface area contributed by atoms with Crippen LogP contribution in [0.15, 0.2) is 0 Å². The Hall–Kier alpha value is -3.88. The number of hydrogen-bond donors (Lipinski definition) is 3. The number of alkyl carbamates (subject to hydrolysis) is 1. The van der Waals surface area contributed by atoms with Crippen molar-refractivity contribution in [2.45, 2.75) is 181 Å². The minimum Gasteiger partial charge on any atom is -0.460 e. The van der Waals surface area contributed by atoms with Gasteiger partial charge in [-0.3, -0.25) is 33.6 Å². The van der Waals surface area contributed by atoms with Crippen LogP contribution >= 0.6 is 0 Å². The average Bonchev–Trinajstić information content (AvgIpc) is 3.51. The van der Waals surface area contributed by atoms with E-state index in [-0.39, 0.29) is 57.1 Å². The minimum absolute atomic E-state index is 0.0970. The number of ketones is 3. The van der Waals surface area contributed by atoms with Crippen LogP contribution in [0, 0.1) is 17.8 Å². The number of likely N-dealkylation sites (tertiary alicyclic amines) is 1. The summed E-state index contributed by atoms with van der Waals surface area (Å²) < 4.78 is 16.9. The Bertz CT molecular complexity index is 1390. The highest BCUT2D eigenvalue weighted by molar-refractivity contribution is 6.38. The number of amides is 4. The number of nitrogens with zero attached hydrogens (tertiary/aromatic N) is 1. The van der Waals surface area contributed by atoms with Crippen LogP contribution in [0.3, 0.4) is 0 Å². The predicted molar refractivity (Wildman–Crippen MR) is 208 cm³/mol. The molecule has 15 nitrogen and oxygen atoms in total. The Morgan fingerprint density at radius 1 is 0.839 bits per heavy atom. The van der Waals surface area contributed by atoms with Gasteiger partial charge in [0.15, 0.2) is 11.6 Å². The van der Waals surface area contributed by atoms with Gasteiger partial charge >= 0.3 is 12.1 Å². The molecule has 1 unspecified atom stereocenters. The second kappa shape index (κ2) is 22.2. The Kier molecular flexibility index (Phi) is 19.1. The van der Waals surface area contributed by atoms with Gasteiger partial charge in [0.05, 0.1) is 24.4 Å². The number of nitrogens with two attached hydrogens (primary N) is 1. The Morgan fingerprint density at radius 2 is 1.48 bits per heavy atom. The zero-order valence-electron chi connectivity index (χ0n) is 35.2. The molecule has 1 aliphatic carbocycles. The van der Waals surface area contributed by atoms with Crippen LogP contribution in [0.5, 0.6) is 0 Å². The van der Waals surface area contributed by atoms with Gasteiger partial charge in [0.25, 0.3) is 0 Å². The summed E-state index contributed by atoms with van der Waals surface area (Å²) in [7, 11) is 0. The zero-order valence-corrected chi connectivity index (χ0v) is 35.2. The number of esters is 1. The molecule has 0 aromatic rings. The van der Waals surface area contributed by atoms with Gasteiger partial charge in [-0.15, -0.1) is 0 Å². The van der Waals surface area contributed by atoms with Gasteiger partial charge in [-0.1, -0.05) is 46.5 Å². The van der Waals surface area contributed by atoms with Gasteiger partial charge in [-0.05, 0) is 79.1 Å². The summed E-state index contributed by atoms with van der Waals surface area (Å²) in [6, 6.07) is -3.05. The standard InChI is InChI=1S/C41H68N4O11/c1-10-14-27(36(50)31(46)18-19-33(48)43-29(37(42)51)17-20-34(49)56-41(7,8)9)21-32(47)30-22-28(55-40(4,5)6)23-45(30)38(52)35(26-15-12-11-13-16-26)44-39(53)54-24-25(2)3/h25-30,35H,10-24H2,1-9H3,(H2,42,51)(H,43,48)(H,44,53)/t27?,28-,29+,30+,35+/m1/s1. The molecular formula is C41H68N4O11. The molecule has 1 saturated heterocycles. The number of ether oxygens (including phenoxy) is 3. The van der Waals surface area contributed by atoms with Crippen molar-refractivity contribution in [1.82, 2.24) is 15.5 Å². The highest BCUT2D eigenvalue weighted by atomic mass is 16.6. The SMILES string of the molecule is CCCC(CC(=O)[C@@H]1C[C@@H](OC(C)(C)C)CN1C(=O)[C@@H](NC(=O)OCC(C)C)C1CCCCC1)C(=O)C(=O)CCC(=O)N[C@@H](CCC(=O)OC(C)(C)C)C(N)=O. The van der Waals surface area contributed by atoms with Gasteiger partial charge in [0.2, 0.25) is 23.5 Å². The topological polar surface area (TPSA) is 218 Å². The molecule has 0 aromatic carbocycles. The van der Waals surface area contributed by atoms with Crippen LogP contribution < -0.4 is 16.4 Å². The highest BCUT2D eigenvalue weighted by Gasteiger charge is 2.46. The van der Waals surface area contributed by atoms with E-state index in [1.54, 1.807) is 20.8 Å². The summed E-state index contributed by atoms with van der Waals surface area (Å²) in [6.45, 7) is 16.7. The van der Waals surface area contributed by atoms with E-state index in [0.717, 1.165) is 32.1 Å². The summed E-state index contributed by atoms with van der Waals surface area (Å²) in [4.78, 5) is 106. The van der Waals surface area contributed by atoms with Crippen molar-refractivity contribution in [3.8, 4) is 0 Å². The Labute approximate surface area is 332 Å². The van der Waals surface area contributed by atoms with Crippen molar-refractivity contribution in [2.24, 2.45) is 23.5 Å². The number of Topliss-reactive ketones (excluding diaryl/α,β-unsaturated/α-hetero) is 3. The van der Waals surface area contributed by atoms with E-state index in [0.29, 0.717) is 6.42 Å². The van der Waals surface area contributed by atoms with Crippen LogP contribution in [0.25, 0.3) is 0 Å². The van der Waals surface area contributed by atoms with E-state index in [1.807, 2.05) is 41.5 Å². The van der Waals surface area contributed by atoms with Gasteiger partial charge in [-0.25, -0.2) is 4.79 Å². The molecule has 0 radical (unpaired) electrons. The Balaban J connectivity index is 2.19. The lowest BCUT2D eigenvalue weighted by Crippen LogP contribution is -2.55. The molecule has 2 fully saturated rings. The number of nitrogens with one attached hydrogen (secondary N) is 2. The van der Waals surface area contributed by atoms with Gasteiger partial charge < -0.3 is 35.5 Å². The molecule has 56 heavy (non-hydrogen) atoms. The fourth-order valence-electron chi connectivity index (χ4n) is 7.21. The fraction of sp³-hybridized carbons (Fsp3) is 0.805. The van der Waals surface area contributed by atoms with Crippen molar-refractivity contribution >= 4 is 47.1 Å². The largest absolute Gasteiger partial charge is 0.460 e. The van der Waals surface area contributed by atoms with E-state index in [1.165, 1.54) is 4.90 Å². The first kappa shape index (κ1) is 48.3. The fourth-order valence-corrected chi connectivity index (χ4v) is 7.21. The lowest BCUT2D eigenvalue weighted by Gasteiger charge is -2.34. The van der Waals surface area contributed by atoms with Crippen molar-refractivity contribution in [2.75, 3.05) is 13.2 Å². The number of rotatable bonds is 21. The molecule has 1 heterocycles. The monoisotopic (exact) mass is 792 g/mol. The molecule has 15 heteroatoms. The average molecular weight is 793 g/mol. The first-order chi connectivity index (χ1) is 26.0. The van der Waals surface area contributed by atoms with E-state index < -0.39 is 101 Å². The maximum atomic E-state index is 14.4. The van der Waals surface area contributed by atoms with E-state index >= 15 is 0 Å². The molecule has 4 amide bonds. The summed E-state index contributed by atoms with van der Waals surface area (Å²) in [5.41, 5.74) is 4.12. The smallest absolute Gasteiger partial charge is 0.407 e. The van der Waals surface area contributed by atoms with Crippen LogP contribution in [-0.4, -0.2) is 101 Å². The zero-order chi connectivity index (χ0) is 42.4. The predicted octanol–water partition coefficient (Wildman–Crippen LogP) is 4.49. The molecule has 0 bridgehead atoms. The summed E-state index contributed by atoms with van der Waals surface area (Å²) in [6.07, 6.45) is 2.58. The molecule has 2 aliphatic rings. The van der Waals surface area contributed by atoms with Crippen molar-refractivity contribution < 1.29 is 52.6 Å². The van der Waals surface area contributed by atoms with E-state index in [4.69, 9.17) is 19.9 Å². The summed E-state index contributed by atoms with van der Waals surface area (Å²) in [5, 5.41) is 5.24. The number of hydrogen-bond acceptors (Lipinski definition) is 11. The first-order valence-corrected chi connectivity index (χ1v) is 20.3. The Morgan fingerprint density at radius 3 is 2.04 bits per heavy atom. The molecule has 0 spiro atoms. The quantitative estimate of drug-likeness (QED) is 0.109. The van der Waals surface area contributed by atoms with Crippen LogP contribution in [0.2, 0.25) is 0 Å². The van der Waals surface area contributed by atoms with Gasteiger partial charge in [0, 0.05) is 44.6 Å².